The van der Waals surface area contributed by atoms with Crippen molar-refractivity contribution in [2.24, 2.45) is 0 Å². The molecule has 27 heavy (non-hydrogen) atoms. The maximum Gasteiger partial charge on any atom is 0.412 e. The highest BCUT2D eigenvalue weighted by atomic mass is 35.6. The number of aliphatic carboxylic acids is 1. The van der Waals surface area contributed by atoms with Crippen LogP contribution in [0, 0.1) is 0 Å². The van der Waals surface area contributed by atoms with Crippen LogP contribution in [0.3, 0.4) is 0 Å². The minimum atomic E-state index is -1.78. The smallest absolute Gasteiger partial charge is 0.412 e. The van der Waals surface area contributed by atoms with Crippen LogP contribution in [0.15, 0.2) is 24.3 Å². The number of alkyl halides is 3. The van der Waals surface area contributed by atoms with Gasteiger partial charge in [0.05, 0.1) is 0 Å². The molecule has 1 atom stereocenters. The molecule has 1 aromatic rings. The van der Waals surface area contributed by atoms with Crippen LogP contribution in [0.25, 0.3) is 0 Å². The Morgan fingerprint density at radius 2 is 1.93 bits per heavy atom. The van der Waals surface area contributed by atoms with E-state index in [0.29, 0.717) is 30.1 Å². The predicted molar refractivity (Wildman–Crippen MR) is 107 cm³/mol. The molecule has 2 rings (SSSR count). The SMILES string of the molecule is CCCN(C(=O)OCC(Cl)(Cl)Cl)C1(C(=O)O)CCCN1c1ccc(Cl)cc1. The molecule has 1 saturated heterocycles. The first-order chi connectivity index (χ1) is 12.6. The van der Waals surface area contributed by atoms with Gasteiger partial charge in [-0.25, -0.2) is 9.59 Å². The lowest BCUT2D eigenvalue weighted by molar-refractivity contribution is -0.150. The van der Waals surface area contributed by atoms with Crippen molar-refractivity contribution in [3.8, 4) is 0 Å². The van der Waals surface area contributed by atoms with E-state index in [0.717, 1.165) is 0 Å². The molecule has 0 aliphatic carbocycles. The summed E-state index contributed by atoms with van der Waals surface area (Å²) in [5.41, 5.74) is -0.941. The third kappa shape index (κ3) is 5.05. The van der Waals surface area contributed by atoms with E-state index in [4.69, 9.17) is 51.1 Å². The number of amides is 1. The second-order valence-corrected chi connectivity index (χ2v) is 9.13. The van der Waals surface area contributed by atoms with Gasteiger partial charge in [-0.2, -0.15) is 0 Å². The molecule has 0 saturated carbocycles. The lowest BCUT2D eigenvalue weighted by atomic mass is 10.0. The first kappa shape index (κ1) is 22.2. The third-order valence-electron chi connectivity index (χ3n) is 4.31. The van der Waals surface area contributed by atoms with E-state index >= 15 is 0 Å². The minimum absolute atomic E-state index is 0.176. The topological polar surface area (TPSA) is 70.1 Å². The van der Waals surface area contributed by atoms with Gasteiger partial charge in [0.25, 0.3) is 0 Å². The number of carbonyl (C=O) groups is 2. The molecule has 1 aliphatic heterocycles. The third-order valence-corrected chi connectivity index (χ3v) is 4.89. The normalized spacial score (nSPS) is 19.8. The Balaban J connectivity index is 2.41. The van der Waals surface area contributed by atoms with E-state index in [1.807, 2.05) is 6.92 Å². The quantitative estimate of drug-likeness (QED) is 0.612. The summed E-state index contributed by atoms with van der Waals surface area (Å²) in [6, 6.07) is 6.80. The number of benzene rings is 1. The average molecular weight is 458 g/mol. The second kappa shape index (κ2) is 8.95. The summed E-state index contributed by atoms with van der Waals surface area (Å²) >= 11 is 22.9. The minimum Gasteiger partial charge on any atom is -0.478 e. The van der Waals surface area contributed by atoms with Gasteiger partial charge in [-0.15, -0.1) is 0 Å². The van der Waals surface area contributed by atoms with E-state index in [9.17, 15) is 14.7 Å². The lowest BCUT2D eigenvalue weighted by Gasteiger charge is -2.44. The van der Waals surface area contributed by atoms with Gasteiger partial charge < -0.3 is 14.7 Å². The summed E-state index contributed by atoms with van der Waals surface area (Å²) in [6.45, 7) is 2.00. The van der Waals surface area contributed by atoms with Gasteiger partial charge in [0.1, 0.15) is 6.61 Å². The van der Waals surface area contributed by atoms with Crippen molar-refractivity contribution in [2.45, 2.75) is 35.6 Å². The number of carboxylic acid groups (broad SMARTS) is 1. The summed E-state index contributed by atoms with van der Waals surface area (Å²) in [4.78, 5) is 28.0. The van der Waals surface area contributed by atoms with Crippen LogP contribution in [-0.2, 0) is 9.53 Å². The van der Waals surface area contributed by atoms with Crippen LogP contribution in [0.1, 0.15) is 26.2 Å². The maximum absolute atomic E-state index is 12.7. The van der Waals surface area contributed by atoms with Crippen molar-refractivity contribution in [3.63, 3.8) is 0 Å². The van der Waals surface area contributed by atoms with Crippen molar-refractivity contribution in [2.75, 3.05) is 24.6 Å². The Kier molecular flexibility index (Phi) is 7.36. The Hall–Kier alpha value is -1.08. The highest BCUT2D eigenvalue weighted by molar-refractivity contribution is 6.67. The first-order valence-corrected chi connectivity index (χ1v) is 9.90. The molecule has 1 aliphatic rings. The summed E-state index contributed by atoms with van der Waals surface area (Å²) in [5, 5.41) is 10.7. The number of rotatable bonds is 6. The molecule has 10 heteroatoms. The van der Waals surface area contributed by atoms with Gasteiger partial charge in [0.2, 0.25) is 9.46 Å². The molecule has 1 unspecified atom stereocenters. The zero-order valence-corrected chi connectivity index (χ0v) is 17.7. The monoisotopic (exact) mass is 456 g/mol. The molecule has 0 bridgehead atoms. The molecule has 0 spiro atoms. The molecular weight excluding hydrogens is 438 g/mol. The van der Waals surface area contributed by atoms with Crippen molar-refractivity contribution >= 4 is 64.2 Å². The van der Waals surface area contributed by atoms with Gasteiger partial charge in [0, 0.05) is 30.2 Å². The number of nitrogens with zero attached hydrogens (tertiary/aromatic N) is 2. The predicted octanol–water partition coefficient (Wildman–Crippen LogP) is 4.94. The number of carbonyl (C=O) groups excluding carboxylic acids is 1. The van der Waals surface area contributed by atoms with E-state index in [1.165, 1.54) is 4.90 Å². The fourth-order valence-corrected chi connectivity index (χ4v) is 3.55. The van der Waals surface area contributed by atoms with E-state index in [-0.39, 0.29) is 13.0 Å². The van der Waals surface area contributed by atoms with Crippen LogP contribution in [0.5, 0.6) is 0 Å². The van der Waals surface area contributed by atoms with Gasteiger partial charge in [-0.05, 0) is 37.1 Å². The van der Waals surface area contributed by atoms with Crippen LogP contribution < -0.4 is 4.90 Å². The largest absolute Gasteiger partial charge is 0.478 e. The maximum atomic E-state index is 12.7. The Labute approximate surface area is 177 Å². The summed E-state index contributed by atoms with van der Waals surface area (Å²) in [7, 11) is 0. The molecule has 1 aromatic carbocycles. The fraction of sp³-hybridized carbons (Fsp3) is 0.529. The lowest BCUT2D eigenvalue weighted by Crippen LogP contribution is -2.65. The Bertz CT molecular complexity index is 681. The van der Waals surface area contributed by atoms with Crippen LogP contribution in [-0.4, -0.2) is 51.2 Å². The molecule has 6 nitrogen and oxygen atoms in total. The number of hydrogen-bond donors (Lipinski definition) is 1. The van der Waals surface area contributed by atoms with Crippen molar-refractivity contribution < 1.29 is 19.4 Å². The summed E-state index contributed by atoms with van der Waals surface area (Å²) < 4.78 is 3.31. The Morgan fingerprint density at radius 3 is 2.44 bits per heavy atom. The molecule has 0 radical (unpaired) electrons. The van der Waals surface area contributed by atoms with E-state index in [1.54, 1.807) is 29.2 Å². The van der Waals surface area contributed by atoms with Crippen LogP contribution >= 0.6 is 46.4 Å². The van der Waals surface area contributed by atoms with Gasteiger partial charge in [0.15, 0.2) is 0 Å². The zero-order chi connectivity index (χ0) is 20.2. The first-order valence-electron chi connectivity index (χ1n) is 8.39. The Morgan fingerprint density at radius 1 is 1.30 bits per heavy atom. The number of anilines is 1. The molecule has 1 fully saturated rings. The number of hydrogen-bond acceptors (Lipinski definition) is 4. The number of carboxylic acids is 1. The van der Waals surface area contributed by atoms with Crippen LogP contribution in [0.2, 0.25) is 5.02 Å². The molecule has 150 valence electrons. The highest BCUT2D eigenvalue weighted by Crippen LogP contribution is 2.38. The van der Waals surface area contributed by atoms with Crippen molar-refractivity contribution in [1.82, 2.24) is 4.90 Å². The number of halogens is 4. The molecule has 1 N–H and O–H groups in total. The van der Waals surface area contributed by atoms with Crippen molar-refractivity contribution in [1.29, 1.82) is 0 Å². The van der Waals surface area contributed by atoms with Crippen LogP contribution in [0.4, 0.5) is 10.5 Å². The zero-order valence-electron chi connectivity index (χ0n) is 14.6. The standard InChI is InChI=1S/C17H20Cl4N2O4/c1-2-9-23(15(26)27-11-17(19,20)21)16(14(24)25)8-3-10-22(16)13-6-4-12(18)5-7-13/h4-7H,2-3,8-11H2,1H3,(H,24,25). The highest BCUT2D eigenvalue weighted by Gasteiger charge is 2.55. The van der Waals surface area contributed by atoms with E-state index < -0.39 is 28.1 Å². The van der Waals surface area contributed by atoms with E-state index in [2.05, 4.69) is 0 Å². The van der Waals surface area contributed by atoms with Gasteiger partial charge in [-0.1, -0.05) is 53.3 Å². The molecular formula is C17H20Cl4N2O4. The second-order valence-electron chi connectivity index (χ2n) is 6.17. The molecule has 0 aromatic heterocycles. The average Bonchev–Trinajstić information content (AvgIpc) is 3.03. The summed E-state index contributed by atoms with van der Waals surface area (Å²) in [6.07, 6.45) is 0.527. The number of ether oxygens (including phenoxy) is 1. The molecule has 1 heterocycles. The van der Waals surface area contributed by atoms with Gasteiger partial charge >= 0.3 is 12.1 Å². The van der Waals surface area contributed by atoms with Gasteiger partial charge in [-0.3, -0.25) is 4.90 Å². The summed E-state index contributed by atoms with van der Waals surface area (Å²) in [5.74, 6) is -1.14. The fourth-order valence-electron chi connectivity index (χ4n) is 3.26. The van der Waals surface area contributed by atoms with Crippen molar-refractivity contribution in [3.05, 3.63) is 29.3 Å². The molecule has 1 amide bonds.